The first-order chi connectivity index (χ1) is 5.38. The van der Waals surface area contributed by atoms with Gasteiger partial charge in [-0.25, -0.2) is 0 Å². The summed E-state index contributed by atoms with van der Waals surface area (Å²) in [5.74, 6) is 0. The molecular formula is C9H19N2. The maximum atomic E-state index is 3.89. The SMILES string of the molecule is [CH2]CCN1CCNCC1CC. The zero-order valence-corrected chi connectivity index (χ0v) is 7.47. The monoisotopic (exact) mass is 155 g/mol. The van der Waals surface area contributed by atoms with Gasteiger partial charge in [-0.15, -0.1) is 0 Å². The highest BCUT2D eigenvalue weighted by atomic mass is 15.2. The molecule has 0 amide bonds. The van der Waals surface area contributed by atoms with Gasteiger partial charge in [-0.3, -0.25) is 4.90 Å². The molecule has 1 saturated heterocycles. The van der Waals surface area contributed by atoms with E-state index in [-0.39, 0.29) is 0 Å². The van der Waals surface area contributed by atoms with Crippen LogP contribution in [0.15, 0.2) is 0 Å². The van der Waals surface area contributed by atoms with Crippen molar-refractivity contribution in [3.05, 3.63) is 6.92 Å². The molecule has 1 fully saturated rings. The van der Waals surface area contributed by atoms with Crippen LogP contribution in [0.1, 0.15) is 19.8 Å². The Kier molecular flexibility index (Phi) is 3.87. The minimum absolute atomic E-state index is 0.755. The largest absolute Gasteiger partial charge is 0.314 e. The van der Waals surface area contributed by atoms with Crippen LogP contribution < -0.4 is 5.32 Å². The van der Waals surface area contributed by atoms with E-state index in [0.717, 1.165) is 25.6 Å². The smallest absolute Gasteiger partial charge is 0.0218 e. The summed E-state index contributed by atoms with van der Waals surface area (Å²) in [6.45, 7) is 10.8. The summed E-state index contributed by atoms with van der Waals surface area (Å²) in [4.78, 5) is 2.55. The van der Waals surface area contributed by atoms with E-state index in [2.05, 4.69) is 24.1 Å². The summed E-state index contributed by atoms with van der Waals surface area (Å²) in [6, 6.07) is 0.755. The van der Waals surface area contributed by atoms with Crippen molar-refractivity contribution in [3.8, 4) is 0 Å². The molecule has 2 heteroatoms. The standard InChI is InChI=1S/C9H19N2/c1-3-6-11-7-5-10-8-9(11)4-2/h9-10H,1,3-8H2,2H3. The third-order valence-electron chi connectivity index (χ3n) is 2.39. The second-order valence-electron chi connectivity index (χ2n) is 3.16. The van der Waals surface area contributed by atoms with Gasteiger partial charge in [0.05, 0.1) is 0 Å². The van der Waals surface area contributed by atoms with Gasteiger partial charge in [-0.05, 0) is 19.4 Å². The average molecular weight is 155 g/mol. The van der Waals surface area contributed by atoms with E-state index in [1.54, 1.807) is 0 Å². The van der Waals surface area contributed by atoms with Crippen LogP contribution in [0.4, 0.5) is 0 Å². The van der Waals surface area contributed by atoms with E-state index in [4.69, 9.17) is 0 Å². The van der Waals surface area contributed by atoms with E-state index in [9.17, 15) is 0 Å². The highest BCUT2D eigenvalue weighted by Crippen LogP contribution is 2.06. The molecule has 65 valence electrons. The van der Waals surface area contributed by atoms with E-state index >= 15 is 0 Å². The van der Waals surface area contributed by atoms with Crippen LogP contribution in [0, 0.1) is 6.92 Å². The zero-order valence-electron chi connectivity index (χ0n) is 7.47. The lowest BCUT2D eigenvalue weighted by atomic mass is 10.1. The van der Waals surface area contributed by atoms with Crippen molar-refractivity contribution < 1.29 is 0 Å². The van der Waals surface area contributed by atoms with Crippen molar-refractivity contribution in [1.29, 1.82) is 0 Å². The van der Waals surface area contributed by atoms with Gasteiger partial charge >= 0.3 is 0 Å². The molecule has 2 nitrogen and oxygen atoms in total. The molecule has 1 unspecified atom stereocenters. The summed E-state index contributed by atoms with van der Waals surface area (Å²) in [6.07, 6.45) is 2.30. The van der Waals surface area contributed by atoms with E-state index in [0.29, 0.717) is 0 Å². The van der Waals surface area contributed by atoms with E-state index < -0.39 is 0 Å². The van der Waals surface area contributed by atoms with Crippen LogP contribution in [-0.4, -0.2) is 37.1 Å². The Bertz CT molecular complexity index is 102. The average Bonchev–Trinajstić information content (AvgIpc) is 2.06. The highest BCUT2D eigenvalue weighted by Gasteiger charge is 2.18. The van der Waals surface area contributed by atoms with Crippen molar-refractivity contribution in [2.24, 2.45) is 0 Å². The van der Waals surface area contributed by atoms with Crippen LogP contribution in [0.25, 0.3) is 0 Å². The Labute approximate surface area is 70.0 Å². The summed E-state index contributed by atoms with van der Waals surface area (Å²) in [5, 5.41) is 3.41. The summed E-state index contributed by atoms with van der Waals surface area (Å²) < 4.78 is 0. The molecule has 0 aliphatic carbocycles. The lowest BCUT2D eigenvalue weighted by Crippen LogP contribution is -2.51. The predicted molar refractivity (Wildman–Crippen MR) is 48.5 cm³/mol. The molecule has 1 aliphatic heterocycles. The minimum atomic E-state index is 0.755. The van der Waals surface area contributed by atoms with Gasteiger partial charge in [0.1, 0.15) is 0 Å². The van der Waals surface area contributed by atoms with Gasteiger partial charge in [0.25, 0.3) is 0 Å². The van der Waals surface area contributed by atoms with E-state index in [1.165, 1.54) is 19.5 Å². The van der Waals surface area contributed by atoms with Gasteiger partial charge in [0.2, 0.25) is 0 Å². The minimum Gasteiger partial charge on any atom is -0.314 e. The molecule has 1 heterocycles. The molecule has 1 N–H and O–H groups in total. The Morgan fingerprint density at radius 3 is 3.09 bits per heavy atom. The zero-order chi connectivity index (χ0) is 8.10. The predicted octanol–water partition coefficient (Wildman–Crippen LogP) is 0.894. The van der Waals surface area contributed by atoms with Crippen molar-refractivity contribution in [2.75, 3.05) is 26.2 Å². The molecule has 0 saturated carbocycles. The first kappa shape index (κ1) is 9.01. The van der Waals surface area contributed by atoms with Gasteiger partial charge in [-0.2, -0.15) is 0 Å². The number of nitrogens with one attached hydrogen (secondary N) is 1. The highest BCUT2D eigenvalue weighted by molar-refractivity contribution is 4.78. The summed E-state index contributed by atoms with van der Waals surface area (Å²) >= 11 is 0. The fraction of sp³-hybridized carbons (Fsp3) is 0.889. The van der Waals surface area contributed by atoms with Crippen LogP contribution in [0.2, 0.25) is 0 Å². The number of hydrogen-bond donors (Lipinski definition) is 1. The fourth-order valence-corrected chi connectivity index (χ4v) is 1.70. The molecule has 0 aromatic carbocycles. The fourth-order valence-electron chi connectivity index (χ4n) is 1.70. The normalized spacial score (nSPS) is 27.3. The topological polar surface area (TPSA) is 15.3 Å². The van der Waals surface area contributed by atoms with Gasteiger partial charge in [-0.1, -0.05) is 13.8 Å². The molecule has 0 aromatic heterocycles. The maximum Gasteiger partial charge on any atom is 0.0218 e. The second kappa shape index (κ2) is 4.73. The summed E-state index contributed by atoms with van der Waals surface area (Å²) in [5.41, 5.74) is 0. The molecular weight excluding hydrogens is 136 g/mol. The Morgan fingerprint density at radius 2 is 2.45 bits per heavy atom. The number of rotatable bonds is 3. The Balaban J connectivity index is 2.31. The lowest BCUT2D eigenvalue weighted by Gasteiger charge is -2.35. The van der Waals surface area contributed by atoms with Crippen LogP contribution >= 0.6 is 0 Å². The Morgan fingerprint density at radius 1 is 1.64 bits per heavy atom. The number of piperazine rings is 1. The number of hydrogen-bond acceptors (Lipinski definition) is 2. The molecule has 1 aliphatic rings. The molecule has 1 rings (SSSR count). The first-order valence-electron chi connectivity index (χ1n) is 4.62. The molecule has 0 bridgehead atoms. The van der Waals surface area contributed by atoms with Crippen molar-refractivity contribution >= 4 is 0 Å². The van der Waals surface area contributed by atoms with Crippen LogP contribution in [0.5, 0.6) is 0 Å². The molecule has 0 aromatic rings. The van der Waals surface area contributed by atoms with Gasteiger partial charge in [0.15, 0.2) is 0 Å². The van der Waals surface area contributed by atoms with Crippen molar-refractivity contribution in [2.45, 2.75) is 25.8 Å². The summed E-state index contributed by atoms with van der Waals surface area (Å²) in [7, 11) is 0. The third-order valence-corrected chi connectivity index (χ3v) is 2.39. The number of nitrogens with zero attached hydrogens (tertiary/aromatic N) is 1. The molecule has 0 spiro atoms. The quantitative estimate of drug-likeness (QED) is 0.651. The molecule has 1 atom stereocenters. The second-order valence-corrected chi connectivity index (χ2v) is 3.16. The van der Waals surface area contributed by atoms with Crippen LogP contribution in [0.3, 0.4) is 0 Å². The molecule has 1 radical (unpaired) electrons. The van der Waals surface area contributed by atoms with Crippen LogP contribution in [-0.2, 0) is 0 Å². The molecule has 11 heavy (non-hydrogen) atoms. The van der Waals surface area contributed by atoms with E-state index in [1.807, 2.05) is 0 Å². The lowest BCUT2D eigenvalue weighted by molar-refractivity contribution is 0.160. The maximum absolute atomic E-state index is 3.89. The van der Waals surface area contributed by atoms with Crippen molar-refractivity contribution in [1.82, 2.24) is 10.2 Å². The van der Waals surface area contributed by atoms with Gasteiger partial charge in [0, 0.05) is 25.7 Å². The Hall–Kier alpha value is -0.0800. The third kappa shape index (κ3) is 2.46. The van der Waals surface area contributed by atoms with Gasteiger partial charge < -0.3 is 5.32 Å². The first-order valence-corrected chi connectivity index (χ1v) is 4.62. The van der Waals surface area contributed by atoms with Crippen molar-refractivity contribution in [3.63, 3.8) is 0 Å².